The fourth-order valence-electron chi connectivity index (χ4n) is 1.53. The van der Waals surface area contributed by atoms with E-state index in [2.05, 4.69) is 0 Å². The minimum atomic E-state index is -1.21. The van der Waals surface area contributed by atoms with Crippen molar-refractivity contribution in [2.24, 2.45) is 0 Å². The second-order valence-corrected chi connectivity index (χ2v) is 3.79. The van der Waals surface area contributed by atoms with Crippen LogP contribution in [0.1, 0.15) is 0 Å². The summed E-state index contributed by atoms with van der Waals surface area (Å²) in [6.45, 7) is -1.69. The largest absolute Gasteiger partial charge is 0.480 e. The summed E-state index contributed by atoms with van der Waals surface area (Å²) in [4.78, 5) is 33.1. The summed E-state index contributed by atoms with van der Waals surface area (Å²) in [6, 6.07) is 6.04. The fraction of sp³-hybridized carbons (Fsp3) is 0.250. The van der Waals surface area contributed by atoms with E-state index < -0.39 is 37.6 Å². The van der Waals surface area contributed by atoms with Crippen molar-refractivity contribution in [1.29, 1.82) is 0 Å². The predicted molar refractivity (Wildman–Crippen MR) is 67.1 cm³/mol. The molecule has 0 heterocycles. The number of hydrogen-bond donors (Lipinski definition) is 3. The van der Waals surface area contributed by atoms with Gasteiger partial charge in [-0.25, -0.2) is 4.79 Å². The van der Waals surface area contributed by atoms with Crippen molar-refractivity contribution in [1.82, 2.24) is 0 Å². The second kappa shape index (κ2) is 6.98. The molecule has 3 N–H and O–H groups in total. The summed E-state index contributed by atoms with van der Waals surface area (Å²) in [5, 5.41) is 26.2. The second-order valence-electron chi connectivity index (χ2n) is 3.79. The van der Waals surface area contributed by atoms with E-state index in [1.165, 1.54) is 12.1 Å². The highest BCUT2D eigenvalue weighted by Gasteiger charge is 2.18. The van der Waals surface area contributed by atoms with Crippen LogP contribution in [-0.2, 0) is 14.4 Å². The number of carboxylic acid groups (broad SMARTS) is 3. The first kappa shape index (κ1) is 15.3. The van der Waals surface area contributed by atoms with Crippen LogP contribution in [0.2, 0.25) is 0 Å². The Morgan fingerprint density at radius 3 is 2.00 bits per heavy atom. The molecule has 0 bridgehead atoms. The van der Waals surface area contributed by atoms with Crippen LogP contribution in [-0.4, -0.2) is 52.9 Å². The van der Waals surface area contributed by atoms with Gasteiger partial charge in [0.1, 0.15) is 18.8 Å². The molecule has 0 aliphatic heterocycles. The molecule has 0 saturated carbocycles. The predicted octanol–water partition coefficient (Wildman–Crippen LogP) is 0.126. The van der Waals surface area contributed by atoms with Crippen LogP contribution in [0.5, 0.6) is 5.75 Å². The van der Waals surface area contributed by atoms with Crippen LogP contribution >= 0.6 is 0 Å². The molecule has 0 unspecified atom stereocenters. The van der Waals surface area contributed by atoms with Crippen molar-refractivity contribution >= 4 is 23.6 Å². The number of anilines is 1. The molecule has 0 fully saturated rings. The molecule has 0 aromatic heterocycles. The Hall–Kier alpha value is -2.77. The topological polar surface area (TPSA) is 124 Å². The number of rotatable bonds is 8. The molecule has 0 aliphatic rings. The third-order valence-electron chi connectivity index (χ3n) is 2.21. The smallest absolute Gasteiger partial charge is 0.341 e. The molecule has 20 heavy (non-hydrogen) atoms. The first-order valence-corrected chi connectivity index (χ1v) is 5.52. The lowest BCUT2D eigenvalue weighted by Crippen LogP contribution is -2.34. The van der Waals surface area contributed by atoms with Crippen molar-refractivity contribution in [3.63, 3.8) is 0 Å². The summed E-state index contributed by atoms with van der Waals surface area (Å²) in [5.41, 5.74) is 0.207. The molecule has 0 aliphatic carbocycles. The van der Waals surface area contributed by atoms with Crippen LogP contribution in [0.15, 0.2) is 24.3 Å². The number of ether oxygens (including phenoxy) is 1. The lowest BCUT2D eigenvalue weighted by Gasteiger charge is -2.23. The average molecular weight is 284 g/mol. The zero-order valence-corrected chi connectivity index (χ0v) is 10.4. The van der Waals surface area contributed by atoms with Gasteiger partial charge < -0.3 is 25.0 Å². The molecule has 0 radical (unpaired) electrons. The maximum atomic E-state index is 10.8. The van der Waals surface area contributed by atoms with Crippen LogP contribution in [0.4, 0.5) is 5.69 Å². The fourth-order valence-corrected chi connectivity index (χ4v) is 1.53. The summed E-state index contributed by atoms with van der Waals surface area (Å²) < 4.78 is 5.02. The third kappa shape index (κ3) is 4.84. The molecule has 1 aromatic carbocycles. The maximum absolute atomic E-state index is 10.8. The molecule has 8 heteroatoms. The zero-order valence-electron chi connectivity index (χ0n) is 10.4. The molecule has 108 valence electrons. The molecular weight excluding hydrogens is 271 g/mol. The van der Waals surface area contributed by atoms with Gasteiger partial charge in [0.05, 0.1) is 5.69 Å². The van der Waals surface area contributed by atoms with Gasteiger partial charge in [-0.3, -0.25) is 9.59 Å². The van der Waals surface area contributed by atoms with Crippen LogP contribution in [0, 0.1) is 0 Å². The molecule has 0 atom stereocenters. The maximum Gasteiger partial charge on any atom is 0.341 e. The summed E-state index contributed by atoms with van der Waals surface area (Å²) in [5.74, 6) is -3.50. The number of benzene rings is 1. The van der Waals surface area contributed by atoms with Gasteiger partial charge in [-0.1, -0.05) is 12.1 Å². The molecule has 1 rings (SSSR count). The number of hydrogen-bond acceptors (Lipinski definition) is 5. The van der Waals surface area contributed by atoms with Gasteiger partial charge in [-0.05, 0) is 12.1 Å². The molecular formula is C12H13NO7. The highest BCUT2D eigenvalue weighted by Crippen LogP contribution is 2.27. The van der Waals surface area contributed by atoms with E-state index in [-0.39, 0.29) is 11.4 Å². The van der Waals surface area contributed by atoms with E-state index in [0.717, 1.165) is 4.90 Å². The molecule has 8 nitrogen and oxygen atoms in total. The van der Waals surface area contributed by atoms with Crippen LogP contribution in [0.3, 0.4) is 0 Å². The van der Waals surface area contributed by atoms with E-state index >= 15 is 0 Å². The van der Waals surface area contributed by atoms with E-state index in [1.807, 2.05) is 0 Å². The monoisotopic (exact) mass is 284 g/mol. The van der Waals surface area contributed by atoms with E-state index in [4.69, 9.17) is 20.1 Å². The minimum absolute atomic E-state index is 0.109. The van der Waals surface area contributed by atoms with Gasteiger partial charge in [0.15, 0.2) is 6.61 Å². The molecule has 0 saturated heterocycles. The average Bonchev–Trinajstić information content (AvgIpc) is 2.34. The zero-order chi connectivity index (χ0) is 15.1. The Balaban J connectivity index is 3.01. The molecule has 0 amide bonds. The number of nitrogens with zero attached hydrogens (tertiary/aromatic N) is 1. The van der Waals surface area contributed by atoms with Crippen molar-refractivity contribution in [2.75, 3.05) is 24.6 Å². The van der Waals surface area contributed by atoms with Crippen molar-refractivity contribution < 1.29 is 34.4 Å². The minimum Gasteiger partial charge on any atom is -0.480 e. The quantitative estimate of drug-likeness (QED) is 0.575. The highest BCUT2D eigenvalue weighted by molar-refractivity contribution is 5.81. The van der Waals surface area contributed by atoms with Crippen molar-refractivity contribution in [3.05, 3.63) is 24.3 Å². The normalized spacial score (nSPS) is 9.80. The van der Waals surface area contributed by atoms with Crippen molar-refractivity contribution in [3.8, 4) is 5.75 Å². The van der Waals surface area contributed by atoms with Gasteiger partial charge in [-0.15, -0.1) is 0 Å². The molecule has 1 aromatic rings. The number of para-hydroxylation sites is 2. The van der Waals surface area contributed by atoms with E-state index in [0.29, 0.717) is 0 Å². The lowest BCUT2D eigenvalue weighted by atomic mass is 10.3. The number of aliphatic carboxylic acids is 3. The van der Waals surface area contributed by atoms with Gasteiger partial charge in [0.2, 0.25) is 0 Å². The Labute approximate surface area is 113 Å². The van der Waals surface area contributed by atoms with Gasteiger partial charge >= 0.3 is 17.9 Å². The Bertz CT molecular complexity index is 498. The lowest BCUT2D eigenvalue weighted by molar-refractivity contribution is -0.140. The number of carboxylic acids is 3. The molecule has 0 spiro atoms. The summed E-state index contributed by atoms with van der Waals surface area (Å²) in [6.07, 6.45) is 0. The van der Waals surface area contributed by atoms with Crippen molar-refractivity contribution in [2.45, 2.75) is 0 Å². The standard InChI is InChI=1S/C12H13NO7/c14-10(15)5-13(6-11(16)17)8-3-1-2-4-9(8)20-7-12(18)19/h1-4H,5-7H2,(H,14,15)(H,16,17)(H,18,19)/i13+1. The Morgan fingerprint density at radius 2 is 1.50 bits per heavy atom. The summed E-state index contributed by atoms with van der Waals surface area (Å²) >= 11 is 0. The summed E-state index contributed by atoms with van der Waals surface area (Å²) in [7, 11) is 0. The van der Waals surface area contributed by atoms with Gasteiger partial charge in [0, 0.05) is 0 Å². The third-order valence-corrected chi connectivity index (χ3v) is 2.21. The van der Waals surface area contributed by atoms with Gasteiger partial charge in [0.25, 0.3) is 0 Å². The van der Waals surface area contributed by atoms with E-state index in [1.54, 1.807) is 12.1 Å². The van der Waals surface area contributed by atoms with E-state index in [9.17, 15) is 14.4 Å². The SMILES string of the molecule is O=C(O)COc1ccccc1[15N](CC(=O)O)CC(=O)O. The van der Waals surface area contributed by atoms with Gasteiger partial charge in [-0.2, -0.15) is 0 Å². The Kier molecular flexibility index (Phi) is 5.33. The first-order valence-electron chi connectivity index (χ1n) is 5.52. The number of carbonyl (C=O) groups is 3. The van der Waals surface area contributed by atoms with Crippen LogP contribution < -0.4 is 9.64 Å². The highest BCUT2D eigenvalue weighted by atomic mass is 16.5. The van der Waals surface area contributed by atoms with Crippen LogP contribution in [0.25, 0.3) is 0 Å². The first-order chi connectivity index (χ1) is 9.40. The Morgan fingerprint density at radius 1 is 0.950 bits per heavy atom.